The lowest BCUT2D eigenvalue weighted by molar-refractivity contribution is -0.149. The van der Waals surface area contributed by atoms with Crippen LogP contribution in [-0.4, -0.2) is 87.7 Å². The number of guanidine groups is 1. The molecule has 0 radical (unpaired) electrons. The van der Waals surface area contributed by atoms with E-state index in [0.717, 1.165) is 11.1 Å². The summed E-state index contributed by atoms with van der Waals surface area (Å²) in [5.41, 5.74) is 19.5. The number of hydrogen-bond donors (Lipinski definition) is 6. The second kappa shape index (κ2) is 20.7. The number of carbonyl (C=O) groups excluding carboxylic acids is 4. The van der Waals surface area contributed by atoms with E-state index in [9.17, 15) is 27.6 Å². The normalized spacial score (nSPS) is 14.7. The first kappa shape index (κ1) is 47.4. The standard InChI is InChI=1S/C40H61N7O10S/c1-24-25(2)35(26(3)29-20-40(7,8)57-34(24)29)58(52,53)47-38(43)44-18-11-12-31(46-33(49)21-45-36(50)30(41)23-56-39(4,5)6)37(51)55-22-27-14-16-28(17-15-27)54-19-10-9-13-32(42)48/h14-17,30-31H,9-13,18-23,41H2,1-8H3,(H2,42,48)(H,45,50)(H,46,49)(H3,43,44,47)/t30-,31-/m0/s1. The molecule has 3 rings (SSSR count). The molecular formula is C40H61N7O10S. The molecule has 3 amide bonds. The zero-order valence-corrected chi connectivity index (χ0v) is 35.7. The van der Waals surface area contributed by atoms with Gasteiger partial charge in [0.15, 0.2) is 0 Å². The number of amides is 3. The predicted octanol–water partition coefficient (Wildman–Crippen LogP) is 2.22. The number of esters is 1. The van der Waals surface area contributed by atoms with Gasteiger partial charge in [-0.25, -0.2) is 17.9 Å². The molecule has 18 heteroatoms. The number of nitrogens with two attached hydrogens (primary N) is 3. The number of aliphatic imine (C=N–C) groups is 1. The summed E-state index contributed by atoms with van der Waals surface area (Å²) in [4.78, 5) is 53.9. The van der Waals surface area contributed by atoms with Gasteiger partial charge < -0.3 is 46.8 Å². The van der Waals surface area contributed by atoms with Crippen LogP contribution in [0.4, 0.5) is 0 Å². The van der Waals surface area contributed by atoms with Crippen molar-refractivity contribution in [3.05, 3.63) is 52.1 Å². The second-order valence-corrected chi connectivity index (χ2v) is 17.6. The average molecular weight is 832 g/mol. The van der Waals surface area contributed by atoms with Gasteiger partial charge in [-0.15, -0.1) is 0 Å². The van der Waals surface area contributed by atoms with Crippen molar-refractivity contribution in [1.29, 1.82) is 0 Å². The van der Waals surface area contributed by atoms with Crippen LogP contribution in [0.25, 0.3) is 0 Å². The van der Waals surface area contributed by atoms with Crippen LogP contribution < -0.4 is 42.0 Å². The first-order valence-corrected chi connectivity index (χ1v) is 20.8. The number of primary amides is 1. The predicted molar refractivity (Wildman–Crippen MR) is 219 cm³/mol. The van der Waals surface area contributed by atoms with Crippen molar-refractivity contribution >= 4 is 39.7 Å². The highest BCUT2D eigenvalue weighted by atomic mass is 32.2. The molecule has 0 aliphatic carbocycles. The fourth-order valence-electron chi connectivity index (χ4n) is 6.10. The maximum Gasteiger partial charge on any atom is 0.328 e. The number of sulfonamides is 1. The summed E-state index contributed by atoms with van der Waals surface area (Å²) < 4.78 is 52.4. The third-order valence-corrected chi connectivity index (χ3v) is 10.8. The number of nitrogens with one attached hydrogen (secondary N) is 3. The lowest BCUT2D eigenvalue weighted by atomic mass is 9.94. The van der Waals surface area contributed by atoms with Crippen molar-refractivity contribution in [1.82, 2.24) is 15.4 Å². The first-order valence-electron chi connectivity index (χ1n) is 19.3. The summed E-state index contributed by atoms with van der Waals surface area (Å²) in [5.74, 6) is -1.43. The number of carbonyl (C=O) groups is 4. The largest absolute Gasteiger partial charge is 0.494 e. The van der Waals surface area contributed by atoms with E-state index in [1.54, 1.807) is 38.1 Å². The molecule has 0 aromatic heterocycles. The van der Waals surface area contributed by atoms with E-state index in [1.165, 1.54) is 0 Å². The molecule has 0 saturated heterocycles. The summed E-state index contributed by atoms with van der Waals surface area (Å²) in [6.07, 6.45) is 2.36. The van der Waals surface area contributed by atoms with Crippen LogP contribution in [0.15, 0.2) is 34.2 Å². The molecule has 0 bridgehead atoms. The van der Waals surface area contributed by atoms with Crippen molar-refractivity contribution in [2.75, 3.05) is 26.3 Å². The Morgan fingerprint density at radius 2 is 1.66 bits per heavy atom. The Balaban J connectivity index is 1.64. The van der Waals surface area contributed by atoms with Crippen LogP contribution in [-0.2, 0) is 51.7 Å². The van der Waals surface area contributed by atoms with E-state index in [1.807, 2.05) is 41.5 Å². The van der Waals surface area contributed by atoms with Gasteiger partial charge in [-0.2, -0.15) is 0 Å². The molecule has 0 spiro atoms. The Morgan fingerprint density at radius 3 is 2.29 bits per heavy atom. The van der Waals surface area contributed by atoms with E-state index < -0.39 is 57.6 Å². The quantitative estimate of drug-likeness (QED) is 0.0458. The number of nitrogens with zero attached hydrogens (tertiary/aromatic N) is 1. The molecule has 1 heterocycles. The van der Waals surface area contributed by atoms with Crippen LogP contribution in [0.1, 0.15) is 94.5 Å². The minimum Gasteiger partial charge on any atom is -0.494 e. The monoisotopic (exact) mass is 831 g/mol. The van der Waals surface area contributed by atoms with Crippen molar-refractivity contribution in [2.45, 2.75) is 129 Å². The van der Waals surface area contributed by atoms with Crippen LogP contribution >= 0.6 is 0 Å². The number of benzene rings is 2. The highest BCUT2D eigenvalue weighted by Crippen LogP contribution is 2.43. The molecule has 0 saturated carbocycles. The minimum atomic E-state index is -4.13. The number of fused-ring (bicyclic) bond motifs is 1. The molecule has 0 unspecified atom stereocenters. The highest BCUT2D eigenvalue weighted by Gasteiger charge is 2.37. The van der Waals surface area contributed by atoms with Gasteiger partial charge in [0.2, 0.25) is 23.7 Å². The van der Waals surface area contributed by atoms with E-state index >= 15 is 0 Å². The third-order valence-electron chi connectivity index (χ3n) is 9.20. The van der Waals surface area contributed by atoms with Crippen LogP contribution in [0, 0.1) is 20.8 Å². The summed E-state index contributed by atoms with van der Waals surface area (Å²) >= 11 is 0. The zero-order chi connectivity index (χ0) is 43.4. The van der Waals surface area contributed by atoms with Gasteiger partial charge >= 0.3 is 5.97 Å². The third kappa shape index (κ3) is 14.8. The van der Waals surface area contributed by atoms with Crippen molar-refractivity contribution < 1.29 is 46.5 Å². The average Bonchev–Trinajstić information content (AvgIpc) is 3.47. The number of unbranched alkanes of at least 4 members (excludes halogenated alkanes) is 1. The molecular weight excluding hydrogens is 771 g/mol. The smallest absolute Gasteiger partial charge is 0.328 e. The SMILES string of the molecule is Cc1c(C)c(S(=O)(=O)NC(N)=NCCC[C@H](NC(=O)CNC(=O)[C@@H](N)COC(C)(C)C)C(=O)OCc2ccc(OCCCCC(N)=O)cc2)c(C)c2c1OC(C)(C)C2. The Kier molecular flexibility index (Phi) is 16.9. The van der Waals surface area contributed by atoms with Crippen LogP contribution in [0.3, 0.4) is 0 Å². The topological polar surface area (TPSA) is 266 Å². The number of ether oxygens (including phenoxy) is 4. The fraction of sp³-hybridized carbons (Fsp3) is 0.575. The number of hydrogen-bond acceptors (Lipinski definition) is 12. The van der Waals surface area contributed by atoms with Crippen LogP contribution in [0.2, 0.25) is 0 Å². The molecule has 9 N–H and O–H groups in total. The Morgan fingerprint density at radius 1 is 0.983 bits per heavy atom. The molecule has 58 heavy (non-hydrogen) atoms. The Hall–Kier alpha value is -4.94. The van der Waals surface area contributed by atoms with Crippen molar-refractivity contribution in [3.8, 4) is 11.5 Å². The van der Waals surface area contributed by atoms with E-state index in [2.05, 4.69) is 20.3 Å². The molecule has 17 nitrogen and oxygen atoms in total. The number of rotatable bonds is 21. The van der Waals surface area contributed by atoms with Gasteiger partial charge in [-0.3, -0.25) is 19.4 Å². The lowest BCUT2D eigenvalue weighted by Gasteiger charge is -2.22. The summed E-state index contributed by atoms with van der Waals surface area (Å²) in [7, 11) is -4.13. The van der Waals surface area contributed by atoms with Gasteiger partial charge in [-0.05, 0) is 115 Å². The van der Waals surface area contributed by atoms with Gasteiger partial charge in [0, 0.05) is 24.9 Å². The van der Waals surface area contributed by atoms with Crippen molar-refractivity contribution in [3.63, 3.8) is 0 Å². The van der Waals surface area contributed by atoms with Crippen molar-refractivity contribution in [2.24, 2.45) is 22.2 Å². The molecule has 322 valence electrons. The molecule has 0 fully saturated rings. The molecule has 1 aliphatic rings. The minimum absolute atomic E-state index is 0.000567. The Bertz CT molecular complexity index is 1930. The van der Waals surface area contributed by atoms with E-state index in [-0.39, 0.29) is 49.4 Å². The van der Waals surface area contributed by atoms with Gasteiger partial charge in [0.1, 0.15) is 35.8 Å². The Labute approximate surface area is 341 Å². The maximum absolute atomic E-state index is 13.6. The molecule has 1 aliphatic heterocycles. The zero-order valence-electron chi connectivity index (χ0n) is 34.9. The van der Waals surface area contributed by atoms with E-state index in [4.69, 9.17) is 36.1 Å². The maximum atomic E-state index is 13.6. The first-order chi connectivity index (χ1) is 27.0. The summed E-state index contributed by atoms with van der Waals surface area (Å²) in [6, 6.07) is 4.72. The van der Waals surface area contributed by atoms with Gasteiger partial charge in [-0.1, -0.05) is 12.1 Å². The van der Waals surface area contributed by atoms with E-state index in [0.29, 0.717) is 60.5 Å². The van der Waals surface area contributed by atoms with Gasteiger partial charge in [0.25, 0.3) is 10.0 Å². The molecule has 2 aromatic carbocycles. The van der Waals surface area contributed by atoms with Crippen LogP contribution in [0.5, 0.6) is 11.5 Å². The molecule has 2 atom stereocenters. The lowest BCUT2D eigenvalue weighted by Crippen LogP contribution is -2.50. The van der Waals surface area contributed by atoms with Gasteiger partial charge in [0.05, 0.1) is 30.3 Å². The molecule has 2 aromatic rings. The summed E-state index contributed by atoms with van der Waals surface area (Å²) in [6.45, 7) is 14.4. The second-order valence-electron chi connectivity index (χ2n) is 16.0. The highest BCUT2D eigenvalue weighted by molar-refractivity contribution is 7.90. The fourth-order valence-corrected chi connectivity index (χ4v) is 7.62. The summed E-state index contributed by atoms with van der Waals surface area (Å²) in [5, 5.41) is 5.04.